The maximum Gasteiger partial charge on any atom is 0.0833 e. The Morgan fingerprint density at radius 1 is 1.28 bits per heavy atom. The zero-order valence-electron chi connectivity index (χ0n) is 9.90. The molecular formula is C14H13Br2NO. The van der Waals surface area contributed by atoms with E-state index in [9.17, 15) is 5.11 Å². The second-order valence-corrected chi connectivity index (χ2v) is 5.96. The van der Waals surface area contributed by atoms with E-state index in [-0.39, 0.29) is 0 Å². The minimum absolute atomic E-state index is 0.515. The van der Waals surface area contributed by atoms with Gasteiger partial charge in [-0.2, -0.15) is 0 Å². The molecule has 0 aliphatic carbocycles. The fourth-order valence-electron chi connectivity index (χ4n) is 1.89. The Bertz CT molecular complexity index is 557. The van der Waals surface area contributed by atoms with Crippen LogP contribution in [0.3, 0.4) is 0 Å². The minimum Gasteiger partial charge on any atom is -0.388 e. The van der Waals surface area contributed by atoms with Crippen molar-refractivity contribution in [2.24, 2.45) is 0 Å². The van der Waals surface area contributed by atoms with Gasteiger partial charge >= 0.3 is 0 Å². The molecule has 2 aromatic rings. The topological polar surface area (TPSA) is 33.1 Å². The summed E-state index contributed by atoms with van der Waals surface area (Å²) < 4.78 is 1.95. The molecule has 0 radical (unpaired) electrons. The Morgan fingerprint density at radius 3 is 2.78 bits per heavy atom. The first kappa shape index (κ1) is 13.7. The molecule has 1 heterocycles. The fraction of sp³-hybridized carbons (Fsp3) is 0.214. The third kappa shape index (κ3) is 3.19. The summed E-state index contributed by atoms with van der Waals surface area (Å²) in [7, 11) is 0. The van der Waals surface area contributed by atoms with Crippen LogP contribution in [0.15, 0.2) is 45.6 Å². The number of rotatable bonds is 3. The van der Waals surface area contributed by atoms with E-state index in [2.05, 4.69) is 36.8 Å². The summed E-state index contributed by atoms with van der Waals surface area (Å²) >= 11 is 6.86. The van der Waals surface area contributed by atoms with E-state index in [1.54, 1.807) is 12.4 Å². The number of pyridine rings is 1. The Morgan fingerprint density at radius 2 is 2.06 bits per heavy atom. The molecule has 0 fully saturated rings. The number of benzene rings is 1. The summed E-state index contributed by atoms with van der Waals surface area (Å²) in [5, 5.41) is 10.3. The fourth-order valence-corrected chi connectivity index (χ4v) is 2.68. The van der Waals surface area contributed by atoms with Crippen molar-refractivity contribution in [3.05, 3.63) is 62.3 Å². The van der Waals surface area contributed by atoms with Gasteiger partial charge in [0.15, 0.2) is 0 Å². The van der Waals surface area contributed by atoms with Crippen LogP contribution in [0.1, 0.15) is 22.8 Å². The molecule has 1 N–H and O–H groups in total. The van der Waals surface area contributed by atoms with Crippen molar-refractivity contribution in [2.45, 2.75) is 19.4 Å². The van der Waals surface area contributed by atoms with Gasteiger partial charge < -0.3 is 5.11 Å². The van der Waals surface area contributed by atoms with Crippen molar-refractivity contribution >= 4 is 31.9 Å². The van der Waals surface area contributed by atoms with Crippen molar-refractivity contribution in [2.75, 3.05) is 0 Å². The van der Waals surface area contributed by atoms with Gasteiger partial charge in [-0.1, -0.05) is 28.1 Å². The molecule has 0 saturated heterocycles. The maximum atomic E-state index is 10.3. The molecule has 0 saturated carbocycles. The van der Waals surface area contributed by atoms with Gasteiger partial charge in [-0.3, -0.25) is 4.98 Å². The third-order valence-electron chi connectivity index (χ3n) is 2.86. The lowest BCUT2D eigenvalue weighted by Gasteiger charge is -2.14. The number of nitrogens with zero attached hydrogens (tertiary/aromatic N) is 1. The predicted octanol–water partition coefficient (Wildman–Crippen LogP) is 4.19. The molecule has 18 heavy (non-hydrogen) atoms. The van der Waals surface area contributed by atoms with E-state index in [1.165, 1.54) is 0 Å². The van der Waals surface area contributed by atoms with Crippen LogP contribution in [0.5, 0.6) is 0 Å². The maximum absolute atomic E-state index is 10.3. The normalized spacial score (nSPS) is 12.4. The van der Waals surface area contributed by atoms with Crippen molar-refractivity contribution in [1.29, 1.82) is 0 Å². The highest BCUT2D eigenvalue weighted by molar-refractivity contribution is 9.10. The predicted molar refractivity (Wildman–Crippen MR) is 79.5 cm³/mol. The van der Waals surface area contributed by atoms with Gasteiger partial charge in [-0.05, 0) is 51.7 Å². The summed E-state index contributed by atoms with van der Waals surface area (Å²) in [5.74, 6) is 0. The molecule has 1 aromatic heterocycles. The lowest BCUT2D eigenvalue weighted by molar-refractivity contribution is 0.177. The molecule has 0 amide bonds. The first-order chi connectivity index (χ1) is 8.58. The highest BCUT2D eigenvalue weighted by Gasteiger charge is 2.12. The summed E-state index contributed by atoms with van der Waals surface area (Å²) in [6.45, 7) is 2.00. The Kier molecular flexibility index (Phi) is 4.54. The number of aromatic nitrogens is 1. The van der Waals surface area contributed by atoms with E-state index in [0.717, 1.165) is 25.6 Å². The van der Waals surface area contributed by atoms with Crippen LogP contribution in [0.2, 0.25) is 0 Å². The molecule has 1 aromatic carbocycles. The number of aliphatic hydroxyl groups excluding tert-OH is 1. The lowest BCUT2D eigenvalue weighted by Crippen LogP contribution is -2.04. The summed E-state index contributed by atoms with van der Waals surface area (Å²) in [4.78, 5) is 4.10. The van der Waals surface area contributed by atoms with E-state index in [1.807, 2.05) is 31.2 Å². The molecule has 4 heteroatoms. The molecule has 94 valence electrons. The monoisotopic (exact) mass is 369 g/mol. The zero-order chi connectivity index (χ0) is 13.1. The van der Waals surface area contributed by atoms with Gasteiger partial charge in [-0.15, -0.1) is 0 Å². The minimum atomic E-state index is -0.515. The van der Waals surface area contributed by atoms with Crippen LogP contribution in [0.4, 0.5) is 0 Å². The second-order valence-electron chi connectivity index (χ2n) is 4.19. The Labute approximate surface area is 123 Å². The zero-order valence-corrected chi connectivity index (χ0v) is 13.1. The third-order valence-corrected chi connectivity index (χ3v) is 4.15. The quantitative estimate of drug-likeness (QED) is 0.878. The van der Waals surface area contributed by atoms with E-state index in [0.29, 0.717) is 6.42 Å². The van der Waals surface area contributed by atoms with Gasteiger partial charge in [0.05, 0.1) is 6.10 Å². The summed E-state index contributed by atoms with van der Waals surface area (Å²) in [5.41, 5.74) is 3.04. The first-order valence-electron chi connectivity index (χ1n) is 5.60. The van der Waals surface area contributed by atoms with Crippen LogP contribution in [0.25, 0.3) is 0 Å². The lowest BCUT2D eigenvalue weighted by atomic mass is 9.98. The Balaban J connectivity index is 2.22. The highest BCUT2D eigenvalue weighted by atomic mass is 79.9. The Hall–Kier alpha value is -0.710. The molecular weight excluding hydrogens is 358 g/mol. The van der Waals surface area contributed by atoms with Gasteiger partial charge in [-0.25, -0.2) is 0 Å². The van der Waals surface area contributed by atoms with Crippen molar-refractivity contribution < 1.29 is 5.11 Å². The van der Waals surface area contributed by atoms with Crippen molar-refractivity contribution in [1.82, 2.24) is 4.98 Å². The molecule has 0 bridgehead atoms. The van der Waals surface area contributed by atoms with E-state index in [4.69, 9.17) is 0 Å². The van der Waals surface area contributed by atoms with E-state index >= 15 is 0 Å². The van der Waals surface area contributed by atoms with Gasteiger partial charge in [0.1, 0.15) is 0 Å². The van der Waals surface area contributed by atoms with Crippen LogP contribution in [-0.4, -0.2) is 10.1 Å². The number of hydrogen-bond donors (Lipinski definition) is 1. The van der Waals surface area contributed by atoms with Gasteiger partial charge in [0.25, 0.3) is 0 Å². The number of aliphatic hydroxyl groups is 1. The van der Waals surface area contributed by atoms with Crippen LogP contribution in [-0.2, 0) is 6.42 Å². The largest absolute Gasteiger partial charge is 0.388 e. The molecule has 1 unspecified atom stereocenters. The summed E-state index contributed by atoms with van der Waals surface area (Å²) in [6, 6.07) is 7.85. The highest BCUT2D eigenvalue weighted by Crippen LogP contribution is 2.27. The smallest absolute Gasteiger partial charge is 0.0833 e. The van der Waals surface area contributed by atoms with Gasteiger partial charge in [0, 0.05) is 27.8 Å². The van der Waals surface area contributed by atoms with Crippen LogP contribution >= 0.6 is 31.9 Å². The SMILES string of the molecule is Cc1c(Br)cccc1C(O)Cc1cncc(Br)c1. The van der Waals surface area contributed by atoms with Gasteiger partial charge in [0.2, 0.25) is 0 Å². The first-order valence-corrected chi connectivity index (χ1v) is 7.19. The number of halogens is 2. The second kappa shape index (κ2) is 5.95. The van der Waals surface area contributed by atoms with E-state index < -0.39 is 6.10 Å². The van der Waals surface area contributed by atoms with Crippen molar-refractivity contribution in [3.63, 3.8) is 0 Å². The molecule has 1 atom stereocenters. The molecule has 0 spiro atoms. The average Bonchev–Trinajstić information content (AvgIpc) is 2.32. The number of hydrogen-bond acceptors (Lipinski definition) is 2. The molecule has 0 aliphatic heterocycles. The molecule has 2 nitrogen and oxygen atoms in total. The standard InChI is InChI=1S/C14H13Br2NO/c1-9-12(3-2-4-13(9)16)14(18)6-10-5-11(15)8-17-7-10/h2-5,7-8,14,18H,6H2,1H3. The average molecular weight is 371 g/mol. The molecule has 2 rings (SSSR count). The molecule has 0 aliphatic rings. The van der Waals surface area contributed by atoms with Crippen molar-refractivity contribution in [3.8, 4) is 0 Å². The van der Waals surface area contributed by atoms with Crippen LogP contribution in [0, 0.1) is 6.92 Å². The van der Waals surface area contributed by atoms with Crippen LogP contribution < -0.4 is 0 Å². The summed E-state index contributed by atoms with van der Waals surface area (Å²) in [6.07, 6.45) is 3.56.